The fraction of sp³-hybridized carbons (Fsp3) is 0.278. The van der Waals surface area contributed by atoms with Crippen LogP contribution in [0.15, 0.2) is 102 Å². The number of carbonyl (C=O) groups excluding carboxylic acids is 2. The zero-order chi connectivity index (χ0) is 34.3. The summed E-state index contributed by atoms with van der Waals surface area (Å²) >= 11 is 19.5. The summed E-state index contributed by atoms with van der Waals surface area (Å²) in [6.07, 6.45) is 3.87. The quantitative estimate of drug-likeness (QED) is 0.154. The fourth-order valence-corrected chi connectivity index (χ4v) is 7.92. The molecular weight excluding hydrogens is 693 g/mol. The lowest BCUT2D eigenvalue weighted by molar-refractivity contribution is -0.140. The van der Waals surface area contributed by atoms with Gasteiger partial charge in [0.1, 0.15) is 18.3 Å². The van der Waals surface area contributed by atoms with Crippen LogP contribution in [0, 0.1) is 0 Å². The second kappa shape index (κ2) is 16.1. The number of nitrogens with zero attached hydrogens (tertiary/aromatic N) is 2. The molecule has 1 saturated carbocycles. The van der Waals surface area contributed by atoms with Gasteiger partial charge < -0.3 is 15.0 Å². The first-order valence-corrected chi connectivity index (χ1v) is 18.1. The largest absolute Gasteiger partial charge is 0.497 e. The van der Waals surface area contributed by atoms with Crippen molar-refractivity contribution in [1.82, 2.24) is 10.2 Å². The predicted molar refractivity (Wildman–Crippen MR) is 190 cm³/mol. The van der Waals surface area contributed by atoms with Crippen molar-refractivity contribution in [3.8, 4) is 5.75 Å². The molecular formula is C36H36Cl3N3O5S. The number of benzene rings is 4. The minimum Gasteiger partial charge on any atom is -0.497 e. The number of anilines is 1. The van der Waals surface area contributed by atoms with Crippen LogP contribution in [0.2, 0.25) is 15.1 Å². The SMILES string of the molecule is COc1ccc(S(=O)(=O)N(CC(=O)N(Cc2c(Cl)cccc2Cl)[C@@H](Cc2ccccc2)C(=O)NC2CCCC2)c2cccc(Cl)c2)cc1. The van der Waals surface area contributed by atoms with E-state index in [0.29, 0.717) is 21.4 Å². The summed E-state index contributed by atoms with van der Waals surface area (Å²) < 4.78 is 34.7. The average Bonchev–Trinajstić information content (AvgIpc) is 3.59. The molecule has 5 rings (SSSR count). The Hall–Kier alpha value is -3.76. The van der Waals surface area contributed by atoms with Gasteiger partial charge in [-0.25, -0.2) is 8.42 Å². The van der Waals surface area contributed by atoms with E-state index in [9.17, 15) is 18.0 Å². The maximum Gasteiger partial charge on any atom is 0.264 e. The molecule has 0 aromatic heterocycles. The number of carbonyl (C=O) groups is 2. The molecule has 0 saturated heterocycles. The molecule has 1 aliphatic rings. The number of methoxy groups -OCH3 is 1. The highest BCUT2D eigenvalue weighted by atomic mass is 35.5. The van der Waals surface area contributed by atoms with Crippen molar-refractivity contribution in [3.63, 3.8) is 0 Å². The van der Waals surface area contributed by atoms with Gasteiger partial charge in [0.25, 0.3) is 10.0 Å². The van der Waals surface area contributed by atoms with Crippen LogP contribution in [-0.2, 0) is 32.6 Å². The van der Waals surface area contributed by atoms with E-state index in [0.717, 1.165) is 35.6 Å². The van der Waals surface area contributed by atoms with Gasteiger partial charge in [0.05, 0.1) is 17.7 Å². The lowest BCUT2D eigenvalue weighted by atomic mass is 10.0. The molecule has 12 heteroatoms. The minimum atomic E-state index is -4.32. The monoisotopic (exact) mass is 727 g/mol. The maximum absolute atomic E-state index is 14.7. The van der Waals surface area contributed by atoms with Gasteiger partial charge in [0, 0.05) is 39.6 Å². The molecule has 48 heavy (non-hydrogen) atoms. The predicted octanol–water partition coefficient (Wildman–Crippen LogP) is 7.55. The lowest BCUT2D eigenvalue weighted by Crippen LogP contribution is -2.54. The van der Waals surface area contributed by atoms with Crippen molar-refractivity contribution in [2.75, 3.05) is 18.0 Å². The van der Waals surface area contributed by atoms with Gasteiger partial charge in [-0.2, -0.15) is 0 Å². The Balaban J connectivity index is 1.59. The molecule has 1 fully saturated rings. The number of ether oxygens (including phenoxy) is 1. The molecule has 0 bridgehead atoms. The first kappa shape index (κ1) is 35.5. The van der Waals surface area contributed by atoms with E-state index < -0.39 is 28.5 Å². The van der Waals surface area contributed by atoms with Crippen molar-refractivity contribution in [2.45, 2.75) is 55.6 Å². The molecule has 8 nitrogen and oxygen atoms in total. The van der Waals surface area contributed by atoms with E-state index in [-0.39, 0.29) is 40.5 Å². The van der Waals surface area contributed by atoms with Crippen molar-refractivity contribution >= 4 is 62.3 Å². The normalized spacial score (nSPS) is 13.9. The maximum atomic E-state index is 14.7. The summed E-state index contributed by atoms with van der Waals surface area (Å²) in [6.45, 7) is -0.780. The number of hydrogen-bond acceptors (Lipinski definition) is 5. The molecule has 0 unspecified atom stereocenters. The summed E-state index contributed by atoms with van der Waals surface area (Å²) in [7, 11) is -2.84. The number of amides is 2. The van der Waals surface area contributed by atoms with Gasteiger partial charge >= 0.3 is 0 Å². The Morgan fingerprint density at radius 2 is 1.52 bits per heavy atom. The summed E-state index contributed by atoms with van der Waals surface area (Å²) in [5.41, 5.74) is 1.44. The van der Waals surface area contributed by atoms with Crippen molar-refractivity contribution in [2.24, 2.45) is 0 Å². The van der Waals surface area contributed by atoms with Gasteiger partial charge in [-0.05, 0) is 73.0 Å². The van der Waals surface area contributed by atoms with Crippen LogP contribution in [0.25, 0.3) is 0 Å². The molecule has 1 aliphatic carbocycles. The van der Waals surface area contributed by atoms with Gasteiger partial charge in [-0.15, -0.1) is 0 Å². The molecule has 0 aliphatic heterocycles. The topological polar surface area (TPSA) is 96.0 Å². The fourth-order valence-electron chi connectivity index (χ4n) is 5.81. The van der Waals surface area contributed by atoms with Crippen LogP contribution in [0.1, 0.15) is 36.8 Å². The second-order valence-corrected chi connectivity index (χ2v) is 14.7. The number of halogens is 3. The van der Waals surface area contributed by atoms with Crippen molar-refractivity contribution < 1.29 is 22.7 Å². The van der Waals surface area contributed by atoms with Gasteiger partial charge in [0.15, 0.2) is 0 Å². The zero-order valence-electron chi connectivity index (χ0n) is 26.3. The van der Waals surface area contributed by atoms with Crippen LogP contribution < -0.4 is 14.4 Å². The van der Waals surface area contributed by atoms with E-state index in [1.54, 1.807) is 36.4 Å². The van der Waals surface area contributed by atoms with E-state index in [1.165, 1.54) is 42.3 Å². The van der Waals surface area contributed by atoms with Gasteiger partial charge in [-0.3, -0.25) is 13.9 Å². The Kier molecular flexibility index (Phi) is 11.9. The third-order valence-corrected chi connectivity index (χ3v) is 11.1. The summed E-state index contributed by atoms with van der Waals surface area (Å²) in [5, 5.41) is 4.06. The number of rotatable bonds is 13. The summed E-state index contributed by atoms with van der Waals surface area (Å²) in [6, 6.07) is 25.4. The van der Waals surface area contributed by atoms with Crippen LogP contribution in [0.4, 0.5) is 5.69 Å². The highest BCUT2D eigenvalue weighted by Crippen LogP contribution is 2.30. The second-order valence-electron chi connectivity index (χ2n) is 11.6. The number of nitrogens with one attached hydrogen (secondary N) is 1. The molecule has 0 spiro atoms. The Labute approximate surface area is 296 Å². The van der Waals surface area contributed by atoms with Crippen molar-refractivity contribution in [1.29, 1.82) is 0 Å². The molecule has 2 amide bonds. The number of hydrogen-bond donors (Lipinski definition) is 1. The van der Waals surface area contributed by atoms with E-state index in [2.05, 4.69) is 5.32 Å². The molecule has 0 heterocycles. The minimum absolute atomic E-state index is 0.0185. The standard InChI is InChI=1S/C36H36Cl3N3O5S/c1-47-29-17-19-30(20-18-29)48(45,46)42(28-14-7-11-26(37)22-28)24-35(43)41(23-31-32(38)15-8-16-33(31)39)34(21-25-9-3-2-4-10-25)36(44)40-27-12-5-6-13-27/h2-4,7-11,14-20,22,27,34H,5-6,12-13,21,23-24H2,1H3,(H,40,44)/t34-/m0/s1. The Morgan fingerprint density at radius 1 is 0.875 bits per heavy atom. The molecule has 1 atom stereocenters. The molecule has 0 radical (unpaired) electrons. The Bertz CT molecular complexity index is 1820. The first-order chi connectivity index (χ1) is 23.1. The summed E-state index contributed by atoms with van der Waals surface area (Å²) in [5.74, 6) is -0.501. The molecule has 4 aromatic rings. The third kappa shape index (κ3) is 8.63. The highest BCUT2D eigenvalue weighted by molar-refractivity contribution is 7.92. The van der Waals surface area contributed by atoms with Crippen LogP contribution in [0.5, 0.6) is 5.75 Å². The summed E-state index contributed by atoms with van der Waals surface area (Å²) in [4.78, 5) is 30.2. The number of sulfonamides is 1. The lowest BCUT2D eigenvalue weighted by Gasteiger charge is -2.34. The Morgan fingerprint density at radius 3 is 2.15 bits per heavy atom. The molecule has 1 N–H and O–H groups in total. The van der Waals surface area contributed by atoms with E-state index >= 15 is 0 Å². The third-order valence-electron chi connectivity index (χ3n) is 8.39. The van der Waals surface area contributed by atoms with Crippen LogP contribution in [0.3, 0.4) is 0 Å². The smallest absolute Gasteiger partial charge is 0.264 e. The van der Waals surface area contributed by atoms with E-state index in [4.69, 9.17) is 39.5 Å². The van der Waals surface area contributed by atoms with Crippen LogP contribution >= 0.6 is 34.8 Å². The highest BCUT2D eigenvalue weighted by Gasteiger charge is 2.36. The molecule has 252 valence electrons. The molecule has 4 aromatic carbocycles. The van der Waals surface area contributed by atoms with Gasteiger partial charge in [-0.1, -0.05) is 90.1 Å². The zero-order valence-corrected chi connectivity index (χ0v) is 29.4. The van der Waals surface area contributed by atoms with Crippen molar-refractivity contribution in [3.05, 3.63) is 123 Å². The first-order valence-electron chi connectivity index (χ1n) is 15.6. The van der Waals surface area contributed by atoms with Gasteiger partial charge in [0.2, 0.25) is 11.8 Å². The van der Waals surface area contributed by atoms with E-state index in [1.807, 2.05) is 30.3 Å². The van der Waals surface area contributed by atoms with Crippen LogP contribution in [-0.4, -0.2) is 50.9 Å². The average molecular weight is 729 g/mol.